The number of rotatable bonds is 3. The molecule has 0 saturated heterocycles. The number of hydrogen-bond acceptors (Lipinski definition) is 0. The highest BCUT2D eigenvalue weighted by atomic mass is 14.4. The van der Waals surface area contributed by atoms with Crippen LogP contribution >= 0.6 is 0 Å². The lowest BCUT2D eigenvalue weighted by Gasteiger charge is -2.24. The molecule has 0 N–H and O–H groups in total. The fraction of sp³-hybridized carbons (Fsp3) is 0.0526. The summed E-state index contributed by atoms with van der Waals surface area (Å²) in [6.07, 6.45) is 0. The summed E-state index contributed by atoms with van der Waals surface area (Å²) in [4.78, 5) is 0. The molecule has 266 valence electrons. The molecular weight excluding hydrogens is 685 g/mol. The van der Waals surface area contributed by atoms with E-state index in [-0.39, 0.29) is 5.41 Å². The third-order valence-electron chi connectivity index (χ3n) is 13.0. The first kappa shape index (κ1) is 32.2. The van der Waals surface area contributed by atoms with Crippen molar-refractivity contribution in [1.82, 2.24) is 0 Å². The summed E-state index contributed by atoms with van der Waals surface area (Å²) >= 11 is 0. The Morgan fingerprint density at radius 3 is 1.49 bits per heavy atom. The van der Waals surface area contributed by atoms with Crippen molar-refractivity contribution < 1.29 is 0 Å². The average Bonchev–Trinajstić information content (AvgIpc) is 3.50. The van der Waals surface area contributed by atoms with Gasteiger partial charge in [-0.3, -0.25) is 0 Å². The van der Waals surface area contributed by atoms with Gasteiger partial charge in [-0.05, 0) is 145 Å². The number of benzene rings is 11. The van der Waals surface area contributed by atoms with Crippen LogP contribution in [0.3, 0.4) is 0 Å². The minimum Gasteiger partial charge on any atom is -0.0616 e. The highest BCUT2D eigenvalue weighted by Gasteiger charge is 2.38. The molecule has 0 aliphatic heterocycles. The van der Waals surface area contributed by atoms with E-state index < -0.39 is 0 Å². The first-order valence-corrected chi connectivity index (χ1v) is 20.1. The molecule has 11 aromatic carbocycles. The molecule has 0 spiro atoms. The summed E-state index contributed by atoms with van der Waals surface area (Å²) in [5.74, 6) is 0. The first-order chi connectivity index (χ1) is 28.0. The van der Waals surface area contributed by atoms with Crippen molar-refractivity contribution in [2.24, 2.45) is 0 Å². The Balaban J connectivity index is 1.07. The van der Waals surface area contributed by atoms with Gasteiger partial charge in [0.2, 0.25) is 0 Å². The smallest absolute Gasteiger partial charge is 0.0165 e. The second kappa shape index (κ2) is 12.0. The maximum absolute atomic E-state index is 2.45. The molecule has 1 aliphatic carbocycles. The van der Waals surface area contributed by atoms with Gasteiger partial charge in [0.15, 0.2) is 0 Å². The van der Waals surface area contributed by atoms with Crippen molar-refractivity contribution in [3.8, 4) is 44.5 Å². The van der Waals surface area contributed by atoms with E-state index in [9.17, 15) is 0 Å². The molecular formula is C57H38. The Kier molecular flexibility index (Phi) is 6.78. The van der Waals surface area contributed by atoms with Crippen molar-refractivity contribution in [3.05, 3.63) is 205 Å². The Morgan fingerprint density at radius 2 is 0.789 bits per heavy atom. The van der Waals surface area contributed by atoms with Crippen molar-refractivity contribution in [1.29, 1.82) is 0 Å². The summed E-state index contributed by atoms with van der Waals surface area (Å²) < 4.78 is 0. The molecule has 0 unspecified atom stereocenters. The van der Waals surface area contributed by atoms with E-state index in [1.165, 1.54) is 120 Å². The van der Waals surface area contributed by atoms with Crippen molar-refractivity contribution in [2.45, 2.75) is 19.3 Å². The van der Waals surface area contributed by atoms with Crippen LogP contribution in [0.1, 0.15) is 25.0 Å². The molecule has 11 aromatic rings. The van der Waals surface area contributed by atoms with Crippen LogP contribution in [-0.2, 0) is 5.41 Å². The summed E-state index contributed by atoms with van der Waals surface area (Å²) in [5.41, 5.74) is 13.0. The molecule has 0 nitrogen and oxygen atoms in total. The van der Waals surface area contributed by atoms with Crippen molar-refractivity contribution >= 4 is 64.6 Å². The van der Waals surface area contributed by atoms with Gasteiger partial charge in [0.1, 0.15) is 0 Å². The van der Waals surface area contributed by atoms with Crippen molar-refractivity contribution in [2.75, 3.05) is 0 Å². The molecule has 0 heterocycles. The fourth-order valence-electron chi connectivity index (χ4n) is 10.4. The van der Waals surface area contributed by atoms with E-state index in [0.29, 0.717) is 0 Å². The third kappa shape index (κ3) is 4.62. The largest absolute Gasteiger partial charge is 0.0616 e. The molecule has 0 fully saturated rings. The fourth-order valence-corrected chi connectivity index (χ4v) is 10.4. The molecule has 0 heteroatoms. The van der Waals surface area contributed by atoms with Crippen LogP contribution in [0.15, 0.2) is 194 Å². The summed E-state index contributed by atoms with van der Waals surface area (Å²) in [6.45, 7) is 4.83. The van der Waals surface area contributed by atoms with Crippen LogP contribution in [0, 0.1) is 0 Å². The molecule has 12 rings (SSSR count). The second-order valence-electron chi connectivity index (χ2n) is 16.4. The highest BCUT2D eigenvalue weighted by molar-refractivity contribution is 6.24. The zero-order chi connectivity index (χ0) is 37.8. The van der Waals surface area contributed by atoms with E-state index in [4.69, 9.17) is 0 Å². The number of fused-ring (bicyclic) bond motifs is 12. The van der Waals surface area contributed by atoms with E-state index in [1.54, 1.807) is 0 Å². The minimum atomic E-state index is -0.140. The van der Waals surface area contributed by atoms with Crippen LogP contribution in [0.5, 0.6) is 0 Å². The Hall–Kier alpha value is -7.02. The minimum absolute atomic E-state index is 0.140. The van der Waals surface area contributed by atoms with Crippen molar-refractivity contribution in [3.63, 3.8) is 0 Å². The monoisotopic (exact) mass is 722 g/mol. The lowest BCUT2D eigenvalue weighted by Crippen LogP contribution is -2.15. The van der Waals surface area contributed by atoms with Gasteiger partial charge in [0, 0.05) is 5.41 Å². The molecule has 0 saturated carbocycles. The maximum Gasteiger partial charge on any atom is 0.0165 e. The summed E-state index contributed by atoms with van der Waals surface area (Å²) in [7, 11) is 0. The molecule has 0 radical (unpaired) electrons. The summed E-state index contributed by atoms with van der Waals surface area (Å²) in [6, 6.07) is 72.6. The van der Waals surface area contributed by atoms with Gasteiger partial charge in [-0.25, -0.2) is 0 Å². The molecule has 0 aromatic heterocycles. The van der Waals surface area contributed by atoms with Gasteiger partial charge in [-0.2, -0.15) is 0 Å². The highest BCUT2D eigenvalue weighted by Crippen LogP contribution is 2.56. The van der Waals surface area contributed by atoms with Gasteiger partial charge < -0.3 is 0 Å². The predicted octanol–water partition coefficient (Wildman–Crippen LogP) is 15.9. The van der Waals surface area contributed by atoms with E-state index in [0.717, 1.165) is 0 Å². The van der Waals surface area contributed by atoms with Gasteiger partial charge in [-0.1, -0.05) is 184 Å². The van der Waals surface area contributed by atoms with Crippen LogP contribution in [0.25, 0.3) is 109 Å². The van der Waals surface area contributed by atoms with Gasteiger partial charge >= 0.3 is 0 Å². The normalized spacial score (nSPS) is 13.2. The van der Waals surface area contributed by atoms with E-state index in [1.807, 2.05) is 0 Å². The standard InChI is InChI=1S/C57H38/c1-57(2)52-34-38-17-4-3-16-37(38)33-51(52)55-44-23-8-7-22-42(44)50-32-39(29-30-49(50)56(55)57)36-19-13-20-40(31-36)53-45-24-9-11-26-47(45)54(48-27-12-10-25-46(48)53)43-28-14-18-35-15-5-6-21-41(35)43/h3-34H,1-2H3. The third-order valence-corrected chi connectivity index (χ3v) is 13.0. The lowest BCUT2D eigenvalue weighted by molar-refractivity contribution is 0.667. The van der Waals surface area contributed by atoms with Crippen LogP contribution in [0.2, 0.25) is 0 Å². The Bertz CT molecular complexity index is 3430. The molecule has 0 amide bonds. The molecule has 0 bridgehead atoms. The van der Waals surface area contributed by atoms with Gasteiger partial charge in [-0.15, -0.1) is 0 Å². The average molecular weight is 723 g/mol. The van der Waals surface area contributed by atoms with Gasteiger partial charge in [0.25, 0.3) is 0 Å². The topological polar surface area (TPSA) is 0 Å². The van der Waals surface area contributed by atoms with Crippen LogP contribution in [-0.4, -0.2) is 0 Å². The lowest BCUT2D eigenvalue weighted by atomic mass is 9.78. The number of hydrogen-bond donors (Lipinski definition) is 0. The second-order valence-corrected chi connectivity index (χ2v) is 16.4. The quantitative estimate of drug-likeness (QED) is 0.126. The maximum atomic E-state index is 2.45. The zero-order valence-electron chi connectivity index (χ0n) is 32.0. The SMILES string of the molecule is CC1(C)c2cc3ccccc3cc2-c2c1c1ccc(-c3cccc(-c4c5ccccc5c(-c5cccc6ccccc56)c5ccccc45)c3)cc1c1ccccc21. The van der Waals surface area contributed by atoms with Crippen LogP contribution in [0.4, 0.5) is 0 Å². The van der Waals surface area contributed by atoms with E-state index in [2.05, 4.69) is 208 Å². The molecule has 1 aliphatic rings. The zero-order valence-corrected chi connectivity index (χ0v) is 32.0. The van der Waals surface area contributed by atoms with Gasteiger partial charge in [0.05, 0.1) is 0 Å². The van der Waals surface area contributed by atoms with Crippen LogP contribution < -0.4 is 0 Å². The molecule has 57 heavy (non-hydrogen) atoms. The first-order valence-electron chi connectivity index (χ1n) is 20.1. The van der Waals surface area contributed by atoms with E-state index >= 15 is 0 Å². The predicted molar refractivity (Wildman–Crippen MR) is 245 cm³/mol. The summed E-state index contributed by atoms with van der Waals surface area (Å²) in [5, 5.41) is 15.5. The molecule has 0 atom stereocenters. The Labute approximate surface area is 332 Å². The Morgan fingerprint density at radius 1 is 0.281 bits per heavy atom.